The molecule has 0 unspecified atom stereocenters. The van der Waals surface area contributed by atoms with Gasteiger partial charge in [-0.2, -0.15) is 9.36 Å². The van der Waals surface area contributed by atoms with Crippen LogP contribution in [-0.4, -0.2) is 20.6 Å². The molecule has 0 aromatic carbocycles. The molecule has 0 amide bonds. The van der Waals surface area contributed by atoms with Crippen LogP contribution in [0.1, 0.15) is 5.56 Å². The number of hydrogen-bond acceptors (Lipinski definition) is 6. The summed E-state index contributed by atoms with van der Waals surface area (Å²) in [5, 5.41) is 1.78. The van der Waals surface area contributed by atoms with Gasteiger partial charge in [-0.15, -0.1) is 0 Å². The van der Waals surface area contributed by atoms with Crippen LogP contribution in [0.4, 0.5) is 0 Å². The fourth-order valence-corrected chi connectivity index (χ4v) is 2.17. The Balaban J connectivity index is 1.94. The zero-order chi connectivity index (χ0) is 11.4. The Bertz CT molecular complexity index is 460. The molecule has 2 aromatic rings. The second-order valence-corrected chi connectivity index (χ2v) is 4.70. The van der Waals surface area contributed by atoms with Crippen molar-refractivity contribution in [1.29, 1.82) is 0 Å². The van der Waals surface area contributed by atoms with Crippen LogP contribution in [0.15, 0.2) is 23.5 Å². The molecular weight excluding hydrogens is 266 g/mol. The minimum absolute atomic E-state index is 0.424. The smallest absolute Gasteiger partial charge is 0.294 e. The number of aromatic nitrogens is 3. The van der Waals surface area contributed by atoms with Gasteiger partial charge in [0.1, 0.15) is 11.8 Å². The third-order valence-electron chi connectivity index (χ3n) is 1.72. The molecule has 0 aliphatic rings. The van der Waals surface area contributed by atoms with Crippen LogP contribution in [0.2, 0.25) is 5.15 Å². The van der Waals surface area contributed by atoms with Crippen molar-refractivity contribution in [2.75, 3.05) is 6.26 Å². The van der Waals surface area contributed by atoms with E-state index >= 15 is 0 Å². The van der Waals surface area contributed by atoms with Crippen LogP contribution in [0.3, 0.4) is 0 Å². The number of ether oxygens (including phenoxy) is 1. The van der Waals surface area contributed by atoms with E-state index < -0.39 is 0 Å². The molecule has 2 rings (SSSR count). The van der Waals surface area contributed by atoms with Gasteiger partial charge in [0.2, 0.25) is 5.16 Å². The average molecular weight is 274 g/mol. The fraction of sp³-hybridized carbons (Fsp3) is 0.222. The summed E-state index contributed by atoms with van der Waals surface area (Å²) >= 11 is 8.41. The highest BCUT2D eigenvalue weighted by Gasteiger charge is 2.04. The van der Waals surface area contributed by atoms with Crippen LogP contribution in [0.25, 0.3) is 0 Å². The van der Waals surface area contributed by atoms with Crippen molar-refractivity contribution >= 4 is 34.9 Å². The Labute approximate surface area is 106 Å². The summed E-state index contributed by atoms with van der Waals surface area (Å²) in [5.74, 6) is 0. The van der Waals surface area contributed by atoms with Crippen molar-refractivity contribution in [3.63, 3.8) is 0 Å². The number of hydrogen-bond donors (Lipinski definition) is 0. The van der Waals surface area contributed by atoms with E-state index in [1.54, 1.807) is 12.3 Å². The summed E-state index contributed by atoms with van der Waals surface area (Å²) in [6.45, 7) is 0.424. The summed E-state index contributed by atoms with van der Waals surface area (Å²) in [7, 11) is 0. The lowest BCUT2D eigenvalue weighted by atomic mass is 10.3. The van der Waals surface area contributed by atoms with Gasteiger partial charge < -0.3 is 4.74 Å². The molecule has 16 heavy (non-hydrogen) atoms. The van der Waals surface area contributed by atoms with E-state index in [9.17, 15) is 0 Å². The molecule has 0 bridgehead atoms. The van der Waals surface area contributed by atoms with Gasteiger partial charge in [-0.3, -0.25) is 0 Å². The van der Waals surface area contributed by atoms with Crippen molar-refractivity contribution in [3.8, 4) is 5.19 Å². The first-order chi connectivity index (χ1) is 7.78. The summed E-state index contributed by atoms with van der Waals surface area (Å²) in [5.41, 5.74) is 0.949. The zero-order valence-corrected chi connectivity index (χ0v) is 10.8. The largest absolute Gasteiger partial charge is 0.464 e. The molecule has 0 spiro atoms. The molecular formula is C9H8ClN3OS2. The van der Waals surface area contributed by atoms with Crippen molar-refractivity contribution in [2.45, 2.75) is 11.8 Å². The van der Waals surface area contributed by atoms with Gasteiger partial charge in [-0.1, -0.05) is 29.4 Å². The van der Waals surface area contributed by atoms with Crippen LogP contribution >= 0.6 is 34.9 Å². The van der Waals surface area contributed by atoms with Gasteiger partial charge in [0.05, 0.1) is 0 Å². The van der Waals surface area contributed by atoms with Gasteiger partial charge in [-0.05, 0) is 12.3 Å². The lowest BCUT2D eigenvalue weighted by Crippen LogP contribution is -1.95. The van der Waals surface area contributed by atoms with Gasteiger partial charge in [-0.25, -0.2) is 4.98 Å². The Morgan fingerprint density at radius 3 is 3.00 bits per heavy atom. The molecule has 7 heteroatoms. The third-order valence-corrected chi connectivity index (χ3v) is 3.24. The molecule has 0 fully saturated rings. The van der Waals surface area contributed by atoms with Crippen molar-refractivity contribution in [1.82, 2.24) is 14.3 Å². The second kappa shape index (κ2) is 5.47. The van der Waals surface area contributed by atoms with E-state index in [1.165, 1.54) is 23.3 Å². The van der Waals surface area contributed by atoms with E-state index in [2.05, 4.69) is 14.3 Å². The Morgan fingerprint density at radius 1 is 1.50 bits per heavy atom. The predicted octanol–water partition coefficient (Wildman–Crippen LogP) is 2.89. The number of rotatable bonds is 4. The molecule has 0 saturated carbocycles. The summed E-state index contributed by atoms with van der Waals surface area (Å²) < 4.78 is 9.56. The molecule has 0 saturated heterocycles. The molecule has 4 nitrogen and oxygen atoms in total. The lowest BCUT2D eigenvalue weighted by Gasteiger charge is -2.00. The van der Waals surface area contributed by atoms with Crippen molar-refractivity contribution < 1.29 is 4.74 Å². The normalized spacial score (nSPS) is 10.4. The van der Waals surface area contributed by atoms with Gasteiger partial charge in [0.25, 0.3) is 5.19 Å². The summed E-state index contributed by atoms with van der Waals surface area (Å²) in [6, 6.07) is 3.60. The number of thioether (sulfide) groups is 1. The SMILES string of the molecule is CSc1nsc(OCc2ccc(Cl)nc2)n1. The quantitative estimate of drug-likeness (QED) is 0.633. The highest BCUT2D eigenvalue weighted by atomic mass is 35.5. The third kappa shape index (κ3) is 3.07. The number of pyridine rings is 1. The first-order valence-corrected chi connectivity index (χ1v) is 6.76. The van der Waals surface area contributed by atoms with Gasteiger partial charge >= 0.3 is 0 Å². The molecule has 2 aromatic heterocycles. The van der Waals surface area contributed by atoms with Crippen LogP contribution in [0.5, 0.6) is 5.19 Å². The molecule has 0 radical (unpaired) electrons. The molecule has 0 N–H and O–H groups in total. The van der Waals surface area contributed by atoms with Gasteiger partial charge in [0, 0.05) is 23.3 Å². The molecule has 2 heterocycles. The van der Waals surface area contributed by atoms with E-state index in [4.69, 9.17) is 16.3 Å². The first kappa shape index (κ1) is 11.6. The van der Waals surface area contributed by atoms with Gasteiger partial charge in [0.15, 0.2) is 0 Å². The molecule has 0 aliphatic heterocycles. The van der Waals surface area contributed by atoms with Crippen LogP contribution in [-0.2, 0) is 6.61 Å². The van der Waals surface area contributed by atoms with Crippen molar-refractivity contribution in [3.05, 3.63) is 29.0 Å². The highest BCUT2D eigenvalue weighted by molar-refractivity contribution is 7.98. The Morgan fingerprint density at radius 2 is 2.38 bits per heavy atom. The summed E-state index contributed by atoms with van der Waals surface area (Å²) in [4.78, 5) is 8.12. The molecule has 84 valence electrons. The Kier molecular flexibility index (Phi) is 3.98. The first-order valence-electron chi connectivity index (χ1n) is 4.39. The van der Waals surface area contributed by atoms with Crippen molar-refractivity contribution in [2.24, 2.45) is 0 Å². The minimum Gasteiger partial charge on any atom is -0.464 e. The van der Waals surface area contributed by atoms with E-state index in [0.717, 1.165) is 10.7 Å². The maximum atomic E-state index is 5.68. The highest BCUT2D eigenvalue weighted by Crippen LogP contribution is 2.20. The van der Waals surface area contributed by atoms with Crippen LogP contribution < -0.4 is 4.74 Å². The van der Waals surface area contributed by atoms with E-state index in [-0.39, 0.29) is 0 Å². The Hall–Kier alpha value is -0.850. The zero-order valence-electron chi connectivity index (χ0n) is 8.38. The monoisotopic (exact) mass is 273 g/mol. The van der Waals surface area contributed by atoms with E-state index in [0.29, 0.717) is 17.0 Å². The number of halogens is 1. The lowest BCUT2D eigenvalue weighted by molar-refractivity contribution is 0.302. The summed E-state index contributed by atoms with van der Waals surface area (Å²) in [6.07, 6.45) is 3.60. The fourth-order valence-electron chi connectivity index (χ4n) is 0.975. The standard InChI is InChI=1S/C9H8ClN3OS2/c1-15-8-12-9(16-13-8)14-5-6-2-3-7(10)11-4-6/h2-4H,5H2,1H3. The minimum atomic E-state index is 0.424. The average Bonchev–Trinajstić information content (AvgIpc) is 2.76. The second-order valence-electron chi connectivity index (χ2n) is 2.82. The maximum absolute atomic E-state index is 5.68. The maximum Gasteiger partial charge on any atom is 0.294 e. The molecule has 0 aliphatic carbocycles. The topological polar surface area (TPSA) is 47.9 Å². The molecule has 0 atom stereocenters. The van der Waals surface area contributed by atoms with Crippen LogP contribution in [0, 0.1) is 0 Å². The number of nitrogens with zero attached hydrogens (tertiary/aromatic N) is 3. The van der Waals surface area contributed by atoms with E-state index in [1.807, 2.05) is 12.3 Å². The predicted molar refractivity (Wildman–Crippen MR) is 65.3 cm³/mol.